The van der Waals surface area contributed by atoms with Crippen LogP contribution < -0.4 is 0 Å². The van der Waals surface area contributed by atoms with Crippen LogP contribution >= 0.6 is 0 Å². The monoisotopic (exact) mass is 224 g/mol. The molecule has 1 aliphatic rings. The van der Waals surface area contributed by atoms with Crippen LogP contribution in [0.1, 0.15) is 15.9 Å². The first kappa shape index (κ1) is 9.90. The highest BCUT2D eigenvalue weighted by Crippen LogP contribution is 2.31. The van der Waals surface area contributed by atoms with Crippen LogP contribution in [0.25, 0.3) is 11.4 Å². The molecule has 1 aliphatic heterocycles. The molecule has 1 aromatic heterocycles. The number of carbonyl (C=O) groups excluding carboxylic acids is 1. The lowest BCUT2D eigenvalue weighted by Crippen LogP contribution is -2.17. The lowest BCUT2D eigenvalue weighted by molar-refractivity contribution is 0.0874. The first-order valence-electron chi connectivity index (χ1n) is 5.43. The van der Waals surface area contributed by atoms with Crippen LogP contribution in [0.2, 0.25) is 0 Å². The van der Waals surface area contributed by atoms with Gasteiger partial charge < -0.3 is 9.47 Å². The van der Waals surface area contributed by atoms with Gasteiger partial charge in [-0.1, -0.05) is 24.8 Å². The SMILES string of the molecule is C=C1c2cn(-c3ccccc3)cc2C(=O)N1C. The zero-order chi connectivity index (χ0) is 12.0. The predicted octanol–water partition coefficient (Wildman–Crippen LogP) is 2.53. The third-order valence-corrected chi connectivity index (χ3v) is 3.13. The van der Waals surface area contributed by atoms with Crippen molar-refractivity contribution in [2.24, 2.45) is 0 Å². The van der Waals surface area contributed by atoms with E-state index in [0.717, 1.165) is 22.5 Å². The number of aromatic nitrogens is 1. The highest BCUT2D eigenvalue weighted by molar-refractivity contribution is 6.08. The van der Waals surface area contributed by atoms with Crippen molar-refractivity contribution in [1.29, 1.82) is 0 Å². The summed E-state index contributed by atoms with van der Waals surface area (Å²) in [6.45, 7) is 3.93. The van der Waals surface area contributed by atoms with Gasteiger partial charge in [0.1, 0.15) is 0 Å². The standard InChI is InChI=1S/C14H12N2O/c1-10-12-8-16(11-6-4-3-5-7-11)9-13(12)14(17)15(10)2/h3-9H,1H2,2H3. The Bertz CT molecular complexity index is 577. The lowest BCUT2D eigenvalue weighted by Gasteiger charge is -2.10. The summed E-state index contributed by atoms with van der Waals surface area (Å²) in [5, 5.41) is 0. The Morgan fingerprint density at radius 1 is 1.06 bits per heavy atom. The van der Waals surface area contributed by atoms with Crippen molar-refractivity contribution >= 4 is 11.6 Å². The fourth-order valence-electron chi connectivity index (χ4n) is 2.09. The van der Waals surface area contributed by atoms with Crippen LogP contribution in [0.3, 0.4) is 0 Å². The molecule has 0 fully saturated rings. The number of hydrogen-bond donors (Lipinski definition) is 0. The van der Waals surface area contributed by atoms with Crippen molar-refractivity contribution in [3.8, 4) is 5.69 Å². The minimum Gasteiger partial charge on any atom is -0.322 e. The average Bonchev–Trinajstić information content (AvgIpc) is 2.88. The fourth-order valence-corrected chi connectivity index (χ4v) is 2.09. The molecule has 0 atom stereocenters. The number of rotatable bonds is 1. The minimum absolute atomic E-state index is 0.0136. The van der Waals surface area contributed by atoms with E-state index in [4.69, 9.17) is 0 Å². The quantitative estimate of drug-likeness (QED) is 0.730. The number of amides is 1. The van der Waals surface area contributed by atoms with Crippen LogP contribution in [0.5, 0.6) is 0 Å². The number of benzene rings is 1. The van der Waals surface area contributed by atoms with Crippen molar-refractivity contribution in [3.05, 3.63) is 60.4 Å². The van der Waals surface area contributed by atoms with E-state index in [1.54, 1.807) is 11.9 Å². The van der Waals surface area contributed by atoms with E-state index in [9.17, 15) is 4.79 Å². The van der Waals surface area contributed by atoms with Crippen molar-refractivity contribution in [2.45, 2.75) is 0 Å². The average molecular weight is 224 g/mol. The van der Waals surface area contributed by atoms with Gasteiger partial charge in [-0.15, -0.1) is 0 Å². The van der Waals surface area contributed by atoms with Gasteiger partial charge in [0, 0.05) is 36.4 Å². The highest BCUT2D eigenvalue weighted by Gasteiger charge is 2.29. The van der Waals surface area contributed by atoms with E-state index >= 15 is 0 Å². The molecule has 2 heterocycles. The summed E-state index contributed by atoms with van der Waals surface area (Å²) in [4.78, 5) is 13.5. The second-order valence-corrected chi connectivity index (χ2v) is 4.14. The number of fused-ring (bicyclic) bond motifs is 1. The van der Waals surface area contributed by atoms with Crippen LogP contribution in [-0.2, 0) is 0 Å². The van der Waals surface area contributed by atoms with Crippen molar-refractivity contribution < 1.29 is 4.79 Å². The minimum atomic E-state index is 0.0136. The molecule has 0 radical (unpaired) electrons. The highest BCUT2D eigenvalue weighted by atomic mass is 16.2. The summed E-state index contributed by atoms with van der Waals surface area (Å²) in [6, 6.07) is 9.93. The zero-order valence-electron chi connectivity index (χ0n) is 9.55. The summed E-state index contributed by atoms with van der Waals surface area (Å²) in [5.74, 6) is 0.0136. The Hall–Kier alpha value is -2.29. The van der Waals surface area contributed by atoms with Crippen molar-refractivity contribution in [1.82, 2.24) is 9.47 Å². The first-order chi connectivity index (χ1) is 8.18. The summed E-state index contributed by atoms with van der Waals surface area (Å²) >= 11 is 0. The number of para-hydroxylation sites is 1. The molecule has 1 aromatic carbocycles. The molecule has 17 heavy (non-hydrogen) atoms. The molecule has 0 spiro atoms. The molecule has 1 amide bonds. The normalized spacial score (nSPS) is 14.3. The Morgan fingerprint density at radius 2 is 1.71 bits per heavy atom. The molecule has 84 valence electrons. The zero-order valence-corrected chi connectivity index (χ0v) is 9.55. The Labute approximate surface area is 99.6 Å². The van der Waals surface area contributed by atoms with Gasteiger partial charge in [-0.05, 0) is 12.1 Å². The van der Waals surface area contributed by atoms with Gasteiger partial charge in [-0.25, -0.2) is 0 Å². The maximum absolute atomic E-state index is 11.9. The molecule has 0 saturated carbocycles. The second kappa shape index (κ2) is 3.35. The topological polar surface area (TPSA) is 25.2 Å². The van der Waals surface area contributed by atoms with E-state index in [1.807, 2.05) is 47.3 Å². The number of nitrogens with zero attached hydrogens (tertiary/aromatic N) is 2. The van der Waals surface area contributed by atoms with E-state index < -0.39 is 0 Å². The molecule has 2 aromatic rings. The molecule has 0 unspecified atom stereocenters. The first-order valence-corrected chi connectivity index (χ1v) is 5.43. The Kier molecular flexibility index (Phi) is 1.95. The van der Waals surface area contributed by atoms with E-state index in [2.05, 4.69) is 6.58 Å². The van der Waals surface area contributed by atoms with E-state index in [-0.39, 0.29) is 5.91 Å². The van der Waals surface area contributed by atoms with Crippen LogP contribution in [0.15, 0.2) is 49.3 Å². The molecular formula is C14H12N2O. The third kappa shape index (κ3) is 1.32. The molecule has 3 nitrogen and oxygen atoms in total. The van der Waals surface area contributed by atoms with Crippen LogP contribution in [-0.4, -0.2) is 22.4 Å². The largest absolute Gasteiger partial charge is 0.322 e. The Balaban J connectivity index is 2.12. The van der Waals surface area contributed by atoms with Gasteiger partial charge in [-0.3, -0.25) is 4.79 Å². The summed E-state index contributed by atoms with van der Waals surface area (Å²) in [5.41, 5.74) is 3.45. The number of hydrogen-bond acceptors (Lipinski definition) is 1. The van der Waals surface area contributed by atoms with E-state index in [1.165, 1.54) is 0 Å². The molecule has 0 aliphatic carbocycles. The molecule has 3 rings (SSSR count). The van der Waals surface area contributed by atoms with Gasteiger partial charge in [0.05, 0.1) is 5.56 Å². The van der Waals surface area contributed by atoms with Gasteiger partial charge in [-0.2, -0.15) is 0 Å². The molecule has 0 saturated heterocycles. The molecule has 0 N–H and O–H groups in total. The van der Waals surface area contributed by atoms with Crippen molar-refractivity contribution in [2.75, 3.05) is 7.05 Å². The molecule has 0 bridgehead atoms. The maximum Gasteiger partial charge on any atom is 0.260 e. The second-order valence-electron chi connectivity index (χ2n) is 4.14. The van der Waals surface area contributed by atoms with Crippen molar-refractivity contribution in [3.63, 3.8) is 0 Å². The Morgan fingerprint density at radius 3 is 2.35 bits per heavy atom. The summed E-state index contributed by atoms with van der Waals surface area (Å²) in [6.07, 6.45) is 3.82. The van der Waals surface area contributed by atoms with Gasteiger partial charge in [0.2, 0.25) is 0 Å². The van der Waals surface area contributed by atoms with Gasteiger partial charge >= 0.3 is 0 Å². The summed E-state index contributed by atoms with van der Waals surface area (Å²) in [7, 11) is 1.75. The number of carbonyl (C=O) groups is 1. The van der Waals surface area contributed by atoms with Crippen LogP contribution in [0.4, 0.5) is 0 Å². The molecular weight excluding hydrogens is 212 g/mol. The maximum atomic E-state index is 11.9. The van der Waals surface area contributed by atoms with Gasteiger partial charge in [0.25, 0.3) is 5.91 Å². The smallest absolute Gasteiger partial charge is 0.260 e. The van der Waals surface area contributed by atoms with Gasteiger partial charge in [0.15, 0.2) is 0 Å². The van der Waals surface area contributed by atoms with E-state index in [0.29, 0.717) is 0 Å². The summed E-state index contributed by atoms with van der Waals surface area (Å²) < 4.78 is 1.96. The molecule has 3 heteroatoms. The predicted molar refractivity (Wildman–Crippen MR) is 66.9 cm³/mol. The third-order valence-electron chi connectivity index (χ3n) is 3.13. The fraction of sp³-hybridized carbons (Fsp3) is 0.0714. The lowest BCUT2D eigenvalue weighted by atomic mass is 10.2. The van der Waals surface area contributed by atoms with Crippen LogP contribution in [0, 0.1) is 0 Å².